The van der Waals surface area contributed by atoms with Crippen LogP contribution in [0.25, 0.3) is 0 Å². The van der Waals surface area contributed by atoms with Crippen LogP contribution in [0.4, 0.5) is 17.1 Å². The number of aliphatic hydroxyl groups excluding tert-OH is 1. The van der Waals surface area contributed by atoms with Crippen LogP contribution in [0.15, 0.2) is 42.5 Å². The second kappa shape index (κ2) is 15.9. The van der Waals surface area contributed by atoms with E-state index in [1.165, 1.54) is 6.07 Å². The fraction of sp³-hybridized carbons (Fsp3) is 0.400. The van der Waals surface area contributed by atoms with Gasteiger partial charge < -0.3 is 16.2 Å². The van der Waals surface area contributed by atoms with Gasteiger partial charge in [-0.25, -0.2) is 0 Å². The number of anilines is 2. The highest BCUT2D eigenvalue weighted by atomic mass is 16.6. The van der Waals surface area contributed by atoms with Crippen molar-refractivity contribution < 1.29 is 10.0 Å². The minimum absolute atomic E-state index is 0.0319. The van der Waals surface area contributed by atoms with Crippen LogP contribution in [-0.4, -0.2) is 10.0 Å². The fourth-order valence-electron chi connectivity index (χ4n) is 1.88. The highest BCUT2D eigenvalue weighted by Gasteiger charge is 2.13. The Kier molecular flexibility index (Phi) is 15.7. The SMILES string of the molecule is CC.CC.CC.Nc1ccc(NCc2cccc(CO)c2)c([N+](=O)[O-])c1. The lowest BCUT2D eigenvalue weighted by molar-refractivity contribution is -0.383. The van der Waals surface area contributed by atoms with E-state index in [0.717, 1.165) is 11.1 Å². The molecule has 0 amide bonds. The van der Waals surface area contributed by atoms with E-state index < -0.39 is 4.92 Å². The Balaban J connectivity index is 0. The molecule has 0 atom stereocenters. The highest BCUT2D eigenvalue weighted by molar-refractivity contribution is 5.66. The van der Waals surface area contributed by atoms with Gasteiger partial charge in [0, 0.05) is 18.3 Å². The van der Waals surface area contributed by atoms with Crippen molar-refractivity contribution in [1.29, 1.82) is 0 Å². The van der Waals surface area contributed by atoms with Crippen LogP contribution in [0.2, 0.25) is 0 Å². The minimum Gasteiger partial charge on any atom is -0.399 e. The number of nitrogens with one attached hydrogen (secondary N) is 1. The molecule has 0 spiro atoms. The van der Waals surface area contributed by atoms with Crippen LogP contribution in [0.3, 0.4) is 0 Å². The van der Waals surface area contributed by atoms with E-state index in [9.17, 15) is 10.1 Å². The van der Waals surface area contributed by atoms with Crippen molar-refractivity contribution in [3.8, 4) is 0 Å². The van der Waals surface area contributed by atoms with E-state index in [1.54, 1.807) is 12.1 Å². The number of hydrogen-bond donors (Lipinski definition) is 3. The van der Waals surface area contributed by atoms with Crippen molar-refractivity contribution in [2.24, 2.45) is 0 Å². The molecule has 6 nitrogen and oxygen atoms in total. The smallest absolute Gasteiger partial charge is 0.294 e. The van der Waals surface area contributed by atoms with Gasteiger partial charge in [0.15, 0.2) is 0 Å². The molecule has 6 heteroatoms. The third-order valence-electron chi connectivity index (χ3n) is 2.88. The standard InChI is InChI=1S/C14H15N3O3.3C2H6/c15-12-4-5-13(14(7-12)17(19)20)16-8-10-2-1-3-11(6-10)9-18;3*1-2/h1-7,16,18H,8-9,15H2;3*1-2H3. The number of rotatable bonds is 5. The largest absolute Gasteiger partial charge is 0.399 e. The maximum atomic E-state index is 11.0. The summed E-state index contributed by atoms with van der Waals surface area (Å²) in [5.74, 6) is 0. The molecule has 2 aromatic rings. The summed E-state index contributed by atoms with van der Waals surface area (Å²) in [5.41, 5.74) is 8.00. The summed E-state index contributed by atoms with van der Waals surface area (Å²) in [7, 11) is 0. The molecule has 0 unspecified atom stereocenters. The fourth-order valence-corrected chi connectivity index (χ4v) is 1.88. The second-order valence-electron chi connectivity index (χ2n) is 4.37. The van der Waals surface area contributed by atoms with Gasteiger partial charge in [0.25, 0.3) is 5.69 Å². The molecule has 0 radical (unpaired) electrons. The average molecular weight is 364 g/mol. The van der Waals surface area contributed by atoms with Gasteiger partial charge in [-0.15, -0.1) is 0 Å². The first-order chi connectivity index (χ1) is 12.6. The first-order valence-corrected chi connectivity index (χ1v) is 9.06. The quantitative estimate of drug-likeness (QED) is 0.377. The van der Waals surface area contributed by atoms with E-state index in [1.807, 2.05) is 65.8 Å². The summed E-state index contributed by atoms with van der Waals surface area (Å²) in [6.45, 7) is 12.4. The maximum Gasteiger partial charge on any atom is 0.294 e. The number of hydrogen-bond acceptors (Lipinski definition) is 5. The van der Waals surface area contributed by atoms with Crippen molar-refractivity contribution in [3.05, 3.63) is 63.7 Å². The highest BCUT2D eigenvalue weighted by Crippen LogP contribution is 2.27. The lowest BCUT2D eigenvalue weighted by atomic mass is 10.1. The minimum atomic E-state index is -0.469. The van der Waals surface area contributed by atoms with Crippen molar-refractivity contribution in [2.75, 3.05) is 11.1 Å². The van der Waals surface area contributed by atoms with E-state index in [2.05, 4.69) is 5.32 Å². The molecule has 4 N–H and O–H groups in total. The topological polar surface area (TPSA) is 101 Å². The number of nitrogens with two attached hydrogens (primary N) is 1. The van der Waals surface area contributed by atoms with Gasteiger partial charge in [-0.1, -0.05) is 65.8 Å². The summed E-state index contributed by atoms with van der Waals surface area (Å²) in [6, 6.07) is 11.9. The van der Waals surface area contributed by atoms with Crippen LogP contribution in [0.1, 0.15) is 52.7 Å². The first kappa shape index (κ1) is 25.6. The Bertz CT molecular complexity index is 631. The van der Waals surface area contributed by atoms with Gasteiger partial charge in [0.1, 0.15) is 5.69 Å². The maximum absolute atomic E-state index is 11.0. The third-order valence-corrected chi connectivity index (χ3v) is 2.88. The number of nitrogens with zero attached hydrogens (tertiary/aromatic N) is 1. The Morgan fingerprint density at radius 1 is 1.00 bits per heavy atom. The zero-order chi connectivity index (χ0) is 20.5. The van der Waals surface area contributed by atoms with Crippen molar-refractivity contribution >= 4 is 17.1 Å². The Hall–Kier alpha value is -2.60. The summed E-state index contributed by atoms with van der Waals surface area (Å²) in [5, 5.41) is 23.0. The van der Waals surface area contributed by atoms with Crippen molar-refractivity contribution in [3.63, 3.8) is 0 Å². The van der Waals surface area contributed by atoms with Gasteiger partial charge in [0.2, 0.25) is 0 Å². The van der Waals surface area contributed by atoms with Crippen molar-refractivity contribution in [1.82, 2.24) is 0 Å². The molecule has 0 aliphatic rings. The molecule has 0 aliphatic heterocycles. The number of aliphatic hydroxyl groups is 1. The lowest BCUT2D eigenvalue weighted by Gasteiger charge is -2.08. The molecular weight excluding hydrogens is 330 g/mol. The van der Waals surface area contributed by atoms with Gasteiger partial charge in [-0.3, -0.25) is 10.1 Å². The van der Waals surface area contributed by atoms with Gasteiger partial charge in [-0.2, -0.15) is 0 Å². The van der Waals surface area contributed by atoms with Crippen molar-refractivity contribution in [2.45, 2.75) is 54.7 Å². The number of nitro groups is 1. The molecule has 0 saturated carbocycles. The molecule has 146 valence electrons. The molecule has 0 bridgehead atoms. The Morgan fingerprint density at radius 3 is 2.12 bits per heavy atom. The van der Waals surface area contributed by atoms with E-state index in [0.29, 0.717) is 17.9 Å². The number of nitro benzene ring substituents is 1. The zero-order valence-electron chi connectivity index (χ0n) is 16.7. The molecule has 0 fully saturated rings. The summed E-state index contributed by atoms with van der Waals surface area (Å²) < 4.78 is 0. The predicted octanol–water partition coefficient (Wildman–Crippen LogP) is 5.36. The molecule has 0 saturated heterocycles. The van der Waals surface area contributed by atoms with E-state index in [4.69, 9.17) is 10.8 Å². The summed E-state index contributed by atoms with van der Waals surface area (Å²) in [6.07, 6.45) is 0. The molecule has 2 aromatic carbocycles. The molecule has 26 heavy (non-hydrogen) atoms. The van der Waals surface area contributed by atoms with E-state index in [-0.39, 0.29) is 12.3 Å². The van der Waals surface area contributed by atoms with Crippen LogP contribution in [0, 0.1) is 10.1 Å². The first-order valence-electron chi connectivity index (χ1n) is 9.06. The average Bonchev–Trinajstić information content (AvgIpc) is 2.71. The van der Waals surface area contributed by atoms with Gasteiger partial charge in [0.05, 0.1) is 11.5 Å². The predicted molar refractivity (Wildman–Crippen MR) is 111 cm³/mol. The van der Waals surface area contributed by atoms with E-state index >= 15 is 0 Å². The molecule has 0 heterocycles. The van der Waals surface area contributed by atoms with Crippen LogP contribution in [-0.2, 0) is 13.2 Å². The normalized spacial score (nSPS) is 8.58. The Labute approximate surface area is 157 Å². The number of nitrogen functional groups attached to an aromatic ring is 1. The Morgan fingerprint density at radius 2 is 1.58 bits per heavy atom. The summed E-state index contributed by atoms with van der Waals surface area (Å²) in [4.78, 5) is 10.5. The monoisotopic (exact) mass is 363 g/mol. The van der Waals surface area contributed by atoms with Crippen LogP contribution < -0.4 is 11.1 Å². The number of benzene rings is 2. The van der Waals surface area contributed by atoms with Gasteiger partial charge >= 0.3 is 0 Å². The lowest BCUT2D eigenvalue weighted by Crippen LogP contribution is -2.03. The van der Waals surface area contributed by atoms with Crippen LogP contribution >= 0.6 is 0 Å². The summed E-state index contributed by atoms with van der Waals surface area (Å²) >= 11 is 0. The molecule has 0 aromatic heterocycles. The molecular formula is C20H33N3O3. The molecule has 0 aliphatic carbocycles. The van der Waals surface area contributed by atoms with Gasteiger partial charge in [-0.05, 0) is 23.3 Å². The second-order valence-corrected chi connectivity index (χ2v) is 4.37. The van der Waals surface area contributed by atoms with Crippen LogP contribution in [0.5, 0.6) is 0 Å². The molecule has 2 rings (SSSR count). The third kappa shape index (κ3) is 9.03. The zero-order valence-corrected chi connectivity index (χ0v) is 16.7.